The Morgan fingerprint density at radius 3 is 1.72 bits per heavy atom. The van der Waals surface area contributed by atoms with E-state index in [9.17, 15) is 4.79 Å². The van der Waals surface area contributed by atoms with Gasteiger partial charge in [0.1, 0.15) is 0 Å². The predicted molar refractivity (Wildman–Crippen MR) is 79.8 cm³/mol. The Kier molecular flexibility index (Phi) is 12.5. The van der Waals surface area contributed by atoms with Crippen molar-refractivity contribution >= 4 is 5.91 Å². The summed E-state index contributed by atoms with van der Waals surface area (Å²) >= 11 is 0. The lowest BCUT2D eigenvalue weighted by molar-refractivity contribution is -0.131. The molecule has 2 heteroatoms. The first-order chi connectivity index (χ1) is 8.76. The molecule has 0 aliphatic heterocycles. The van der Waals surface area contributed by atoms with E-state index in [2.05, 4.69) is 20.8 Å². The highest BCUT2D eigenvalue weighted by molar-refractivity contribution is 5.76. The summed E-state index contributed by atoms with van der Waals surface area (Å²) in [7, 11) is 0. The molecule has 0 aromatic rings. The van der Waals surface area contributed by atoms with Crippen LogP contribution >= 0.6 is 0 Å². The van der Waals surface area contributed by atoms with E-state index in [0.717, 1.165) is 38.8 Å². The zero-order valence-electron chi connectivity index (χ0n) is 12.8. The number of carbonyl (C=O) groups is 1. The lowest BCUT2D eigenvalue weighted by Gasteiger charge is -2.21. The second-order valence-corrected chi connectivity index (χ2v) is 5.25. The Morgan fingerprint density at radius 1 is 0.722 bits per heavy atom. The third-order valence-corrected chi connectivity index (χ3v) is 3.33. The molecule has 1 amide bonds. The van der Waals surface area contributed by atoms with E-state index in [-0.39, 0.29) is 0 Å². The zero-order valence-corrected chi connectivity index (χ0v) is 12.8. The SMILES string of the molecule is CCCCCCCCCC(=O)N(CCC)CCC. The van der Waals surface area contributed by atoms with E-state index in [0.29, 0.717) is 5.91 Å². The molecule has 18 heavy (non-hydrogen) atoms. The number of hydrogen-bond acceptors (Lipinski definition) is 1. The fourth-order valence-corrected chi connectivity index (χ4v) is 2.29. The van der Waals surface area contributed by atoms with Crippen LogP contribution < -0.4 is 0 Å². The molecule has 0 spiro atoms. The number of amides is 1. The summed E-state index contributed by atoms with van der Waals surface area (Å²) in [5, 5.41) is 0. The molecule has 0 aliphatic carbocycles. The number of carbonyl (C=O) groups excluding carboxylic acids is 1. The van der Waals surface area contributed by atoms with Crippen LogP contribution in [0.5, 0.6) is 0 Å². The summed E-state index contributed by atoms with van der Waals surface area (Å²) in [6.07, 6.45) is 11.9. The van der Waals surface area contributed by atoms with Gasteiger partial charge >= 0.3 is 0 Å². The maximum absolute atomic E-state index is 12.0. The van der Waals surface area contributed by atoms with Crippen LogP contribution in [0, 0.1) is 0 Å². The largest absolute Gasteiger partial charge is 0.343 e. The summed E-state index contributed by atoms with van der Waals surface area (Å²) in [5.74, 6) is 0.368. The van der Waals surface area contributed by atoms with E-state index in [1.165, 1.54) is 38.5 Å². The second-order valence-electron chi connectivity index (χ2n) is 5.25. The molecule has 0 saturated heterocycles. The maximum atomic E-state index is 12.0. The van der Waals surface area contributed by atoms with Gasteiger partial charge in [-0.15, -0.1) is 0 Å². The van der Waals surface area contributed by atoms with Gasteiger partial charge in [-0.3, -0.25) is 4.79 Å². The minimum Gasteiger partial charge on any atom is -0.343 e. The van der Waals surface area contributed by atoms with Crippen molar-refractivity contribution in [2.75, 3.05) is 13.1 Å². The van der Waals surface area contributed by atoms with Gasteiger partial charge in [0.05, 0.1) is 0 Å². The van der Waals surface area contributed by atoms with Crippen molar-refractivity contribution in [3.05, 3.63) is 0 Å². The lowest BCUT2D eigenvalue weighted by Crippen LogP contribution is -2.32. The normalized spacial score (nSPS) is 10.6. The average molecular weight is 255 g/mol. The lowest BCUT2D eigenvalue weighted by atomic mass is 10.1. The molecule has 0 aromatic heterocycles. The fourth-order valence-electron chi connectivity index (χ4n) is 2.29. The Morgan fingerprint density at radius 2 is 1.22 bits per heavy atom. The molecule has 0 aliphatic rings. The molecular formula is C16H33NO. The molecule has 0 radical (unpaired) electrons. The van der Waals surface area contributed by atoms with Gasteiger partial charge in [-0.2, -0.15) is 0 Å². The molecule has 0 heterocycles. The predicted octanol–water partition coefficient (Wildman–Crippen LogP) is 4.78. The first-order valence-corrected chi connectivity index (χ1v) is 8.04. The molecule has 0 rings (SSSR count). The molecule has 0 fully saturated rings. The van der Waals surface area contributed by atoms with Gasteiger partial charge in [0.2, 0.25) is 5.91 Å². The molecule has 0 saturated carbocycles. The fraction of sp³-hybridized carbons (Fsp3) is 0.938. The van der Waals surface area contributed by atoms with E-state index in [1.54, 1.807) is 0 Å². The summed E-state index contributed by atoms with van der Waals surface area (Å²) in [6, 6.07) is 0. The van der Waals surface area contributed by atoms with E-state index in [4.69, 9.17) is 0 Å². The molecule has 0 bridgehead atoms. The number of unbranched alkanes of at least 4 members (excludes halogenated alkanes) is 6. The Labute approximate surface area is 114 Å². The minimum atomic E-state index is 0.368. The Hall–Kier alpha value is -0.530. The quantitative estimate of drug-likeness (QED) is 0.460. The Bertz CT molecular complexity index is 186. The zero-order chi connectivity index (χ0) is 13.6. The summed E-state index contributed by atoms with van der Waals surface area (Å²) in [4.78, 5) is 14.0. The van der Waals surface area contributed by atoms with E-state index < -0.39 is 0 Å². The molecular weight excluding hydrogens is 222 g/mol. The summed E-state index contributed by atoms with van der Waals surface area (Å²) in [6.45, 7) is 8.40. The van der Waals surface area contributed by atoms with Gasteiger partial charge in [-0.1, -0.05) is 59.3 Å². The molecule has 108 valence electrons. The van der Waals surface area contributed by atoms with Gasteiger partial charge in [0, 0.05) is 19.5 Å². The maximum Gasteiger partial charge on any atom is 0.222 e. The monoisotopic (exact) mass is 255 g/mol. The molecule has 0 atom stereocenters. The Balaban J connectivity index is 3.54. The van der Waals surface area contributed by atoms with Gasteiger partial charge < -0.3 is 4.90 Å². The van der Waals surface area contributed by atoms with Gasteiger partial charge in [0.15, 0.2) is 0 Å². The second kappa shape index (κ2) is 12.9. The smallest absolute Gasteiger partial charge is 0.222 e. The van der Waals surface area contributed by atoms with Gasteiger partial charge in [0.25, 0.3) is 0 Å². The first-order valence-electron chi connectivity index (χ1n) is 8.04. The van der Waals surface area contributed by atoms with Gasteiger partial charge in [-0.25, -0.2) is 0 Å². The van der Waals surface area contributed by atoms with Crippen molar-refractivity contribution in [3.63, 3.8) is 0 Å². The van der Waals surface area contributed by atoms with Crippen molar-refractivity contribution in [1.82, 2.24) is 4.90 Å². The third-order valence-electron chi connectivity index (χ3n) is 3.33. The van der Waals surface area contributed by atoms with Crippen molar-refractivity contribution in [2.45, 2.75) is 85.0 Å². The van der Waals surface area contributed by atoms with Gasteiger partial charge in [-0.05, 0) is 19.3 Å². The van der Waals surface area contributed by atoms with E-state index >= 15 is 0 Å². The minimum absolute atomic E-state index is 0.368. The molecule has 2 nitrogen and oxygen atoms in total. The third kappa shape index (κ3) is 9.49. The highest BCUT2D eigenvalue weighted by atomic mass is 16.2. The van der Waals surface area contributed by atoms with Crippen molar-refractivity contribution < 1.29 is 4.79 Å². The number of nitrogens with zero attached hydrogens (tertiary/aromatic N) is 1. The summed E-state index contributed by atoms with van der Waals surface area (Å²) in [5.41, 5.74) is 0. The van der Waals surface area contributed by atoms with Crippen LogP contribution in [0.15, 0.2) is 0 Å². The highest BCUT2D eigenvalue weighted by Gasteiger charge is 2.10. The van der Waals surface area contributed by atoms with Crippen molar-refractivity contribution in [1.29, 1.82) is 0 Å². The van der Waals surface area contributed by atoms with Crippen LogP contribution in [0.3, 0.4) is 0 Å². The molecule has 0 unspecified atom stereocenters. The van der Waals surface area contributed by atoms with Crippen molar-refractivity contribution in [2.24, 2.45) is 0 Å². The van der Waals surface area contributed by atoms with Crippen LogP contribution in [0.4, 0.5) is 0 Å². The van der Waals surface area contributed by atoms with Crippen LogP contribution in [0.1, 0.15) is 85.0 Å². The number of hydrogen-bond donors (Lipinski definition) is 0. The summed E-state index contributed by atoms with van der Waals surface area (Å²) < 4.78 is 0. The topological polar surface area (TPSA) is 20.3 Å². The first kappa shape index (κ1) is 17.5. The highest BCUT2D eigenvalue weighted by Crippen LogP contribution is 2.10. The van der Waals surface area contributed by atoms with Crippen LogP contribution in [-0.4, -0.2) is 23.9 Å². The average Bonchev–Trinajstić information content (AvgIpc) is 2.37. The number of rotatable bonds is 12. The standard InChI is InChI=1S/C16H33NO/c1-4-7-8-9-10-11-12-13-16(18)17(14-5-2)15-6-3/h4-15H2,1-3H3. The van der Waals surface area contributed by atoms with Crippen LogP contribution in [0.25, 0.3) is 0 Å². The van der Waals surface area contributed by atoms with Crippen LogP contribution in [0.2, 0.25) is 0 Å². The van der Waals surface area contributed by atoms with E-state index in [1.807, 2.05) is 4.90 Å². The molecule has 0 aromatic carbocycles. The van der Waals surface area contributed by atoms with Crippen molar-refractivity contribution in [3.8, 4) is 0 Å². The molecule has 0 N–H and O–H groups in total. The van der Waals surface area contributed by atoms with Crippen LogP contribution in [-0.2, 0) is 4.79 Å².